The third kappa shape index (κ3) is 6.11. The van der Waals surface area contributed by atoms with Crippen LogP contribution in [0.25, 0.3) is 0 Å². The molecule has 0 aliphatic carbocycles. The molecule has 15 nitrogen and oxygen atoms in total. The molecule has 0 aromatic carbocycles. The number of phosphoric ester groups is 1. The van der Waals surface area contributed by atoms with Gasteiger partial charge in [-0.2, -0.15) is 0 Å². The number of ketones is 1. The highest BCUT2D eigenvalue weighted by atomic mass is 31.2. The highest BCUT2D eigenvalue weighted by Crippen LogP contribution is 2.36. The van der Waals surface area contributed by atoms with Gasteiger partial charge in [-0.25, -0.2) is 9.09 Å². The van der Waals surface area contributed by atoms with E-state index >= 15 is 0 Å². The molecule has 2 heterocycles. The van der Waals surface area contributed by atoms with Gasteiger partial charge in [-0.1, -0.05) is 5.10 Å². The number of hydrogen-bond donors (Lipinski definition) is 3. The summed E-state index contributed by atoms with van der Waals surface area (Å²) < 4.78 is 15.3. The number of nitro groups is 1. The Morgan fingerprint density at radius 1 is 1.28 bits per heavy atom. The Morgan fingerprint density at radius 2 is 1.90 bits per heavy atom. The molecule has 156 valence electrons. The van der Waals surface area contributed by atoms with Crippen molar-refractivity contribution < 1.29 is 43.0 Å². The number of phosphoric acid groups is 1. The number of carbonyl (C=O) groups is 4. The predicted molar refractivity (Wildman–Crippen MR) is 89.8 cm³/mol. The summed E-state index contributed by atoms with van der Waals surface area (Å²) in [6.45, 7) is -1.65. The molecule has 0 fully saturated rings. The van der Waals surface area contributed by atoms with E-state index in [1.807, 2.05) is 0 Å². The standard InChI is InChI=1S/C13H14N5O10P/c19-8(3-4-16-11(20)1-2-12(16)21)6-14-13(22)9-5-10(18(23)24)17(15-9)7-28-29(25,26)27/h1-2,5H,3-4,6-7H2,(H,14,22)(H2,25,26,27). The average molecular weight is 431 g/mol. The van der Waals surface area contributed by atoms with E-state index in [9.17, 15) is 33.9 Å². The molecule has 1 aromatic rings. The fourth-order valence-electron chi connectivity index (χ4n) is 2.14. The quantitative estimate of drug-likeness (QED) is 0.167. The van der Waals surface area contributed by atoms with Crippen LogP contribution >= 0.6 is 7.82 Å². The normalized spacial score (nSPS) is 13.8. The minimum Gasteiger partial charge on any atom is -0.358 e. The number of hydrogen-bond acceptors (Lipinski definition) is 9. The van der Waals surface area contributed by atoms with E-state index < -0.39 is 61.0 Å². The van der Waals surface area contributed by atoms with E-state index in [2.05, 4.69) is 14.9 Å². The summed E-state index contributed by atoms with van der Waals surface area (Å²) in [6.07, 6.45) is 1.91. The van der Waals surface area contributed by atoms with E-state index in [1.165, 1.54) is 0 Å². The number of carbonyl (C=O) groups excluding carboxylic acids is 4. The Kier molecular flexibility index (Phi) is 6.71. The SMILES string of the molecule is O=C(CCN1C(=O)C=CC1=O)CNC(=O)c1cc([N+](=O)[O-])n(COP(=O)(O)O)n1. The summed E-state index contributed by atoms with van der Waals surface area (Å²) in [5.74, 6) is -3.37. The second-order valence-electron chi connectivity index (χ2n) is 5.53. The van der Waals surface area contributed by atoms with Gasteiger partial charge in [0.25, 0.3) is 17.7 Å². The van der Waals surface area contributed by atoms with E-state index in [0.29, 0.717) is 4.68 Å². The molecule has 0 spiro atoms. The minimum absolute atomic E-state index is 0.167. The molecule has 0 bridgehead atoms. The van der Waals surface area contributed by atoms with Crippen LogP contribution in [-0.4, -0.2) is 66.0 Å². The Balaban J connectivity index is 1.92. The van der Waals surface area contributed by atoms with E-state index in [1.54, 1.807) is 0 Å². The lowest BCUT2D eigenvalue weighted by atomic mass is 10.2. The number of nitrogens with one attached hydrogen (secondary N) is 1. The van der Waals surface area contributed by atoms with Crippen molar-refractivity contribution in [3.8, 4) is 0 Å². The Hall–Kier alpha value is -3.26. The molecule has 29 heavy (non-hydrogen) atoms. The molecule has 3 amide bonds. The largest absolute Gasteiger partial charge is 0.472 e. The van der Waals surface area contributed by atoms with Gasteiger partial charge in [0, 0.05) is 25.1 Å². The van der Waals surface area contributed by atoms with Crippen molar-refractivity contribution in [3.05, 3.63) is 34.0 Å². The van der Waals surface area contributed by atoms with Gasteiger partial charge in [-0.05, 0) is 4.92 Å². The lowest BCUT2D eigenvalue weighted by Crippen LogP contribution is -2.35. The van der Waals surface area contributed by atoms with Crippen molar-refractivity contribution in [1.82, 2.24) is 20.0 Å². The van der Waals surface area contributed by atoms with Gasteiger partial charge in [-0.15, -0.1) is 4.68 Å². The van der Waals surface area contributed by atoms with Gasteiger partial charge < -0.3 is 25.2 Å². The van der Waals surface area contributed by atoms with Gasteiger partial charge in [0.2, 0.25) is 6.73 Å². The molecule has 3 N–H and O–H groups in total. The molecule has 0 radical (unpaired) electrons. The van der Waals surface area contributed by atoms with E-state index in [4.69, 9.17) is 9.79 Å². The molecule has 0 saturated heterocycles. The lowest BCUT2D eigenvalue weighted by molar-refractivity contribution is -0.393. The maximum Gasteiger partial charge on any atom is 0.472 e. The Morgan fingerprint density at radius 3 is 2.45 bits per heavy atom. The fraction of sp³-hybridized carbons (Fsp3) is 0.308. The van der Waals surface area contributed by atoms with Crippen molar-refractivity contribution in [2.45, 2.75) is 13.2 Å². The third-order valence-corrected chi connectivity index (χ3v) is 3.94. The van der Waals surface area contributed by atoms with E-state index in [-0.39, 0.29) is 13.0 Å². The maximum atomic E-state index is 12.0. The fourth-order valence-corrected chi connectivity index (χ4v) is 2.40. The van der Waals surface area contributed by atoms with Crippen LogP contribution in [0.2, 0.25) is 0 Å². The van der Waals surface area contributed by atoms with Gasteiger partial charge in [0.15, 0.2) is 11.5 Å². The first-order valence-electron chi connectivity index (χ1n) is 7.73. The van der Waals surface area contributed by atoms with Crippen LogP contribution in [-0.2, 0) is 30.2 Å². The Bertz CT molecular complexity index is 930. The smallest absolute Gasteiger partial charge is 0.358 e. The van der Waals surface area contributed by atoms with Crippen molar-refractivity contribution in [1.29, 1.82) is 0 Å². The molecule has 1 aliphatic rings. The molecule has 16 heteroatoms. The summed E-state index contributed by atoms with van der Waals surface area (Å²) in [5.41, 5.74) is -0.493. The zero-order chi connectivity index (χ0) is 21.8. The molecule has 2 rings (SSSR count). The third-order valence-electron chi connectivity index (χ3n) is 3.49. The Labute approximate surface area is 161 Å². The second kappa shape index (κ2) is 8.83. The van der Waals surface area contributed by atoms with Crippen LogP contribution in [0.4, 0.5) is 5.82 Å². The van der Waals surface area contributed by atoms with Gasteiger partial charge in [0.05, 0.1) is 12.6 Å². The monoisotopic (exact) mass is 431 g/mol. The maximum absolute atomic E-state index is 12.0. The topological polar surface area (TPSA) is 211 Å². The molecule has 0 atom stereocenters. The number of aromatic nitrogens is 2. The second-order valence-corrected chi connectivity index (χ2v) is 6.77. The number of rotatable bonds is 10. The average Bonchev–Trinajstić information content (AvgIpc) is 3.19. The van der Waals surface area contributed by atoms with Crippen molar-refractivity contribution >= 4 is 37.1 Å². The summed E-state index contributed by atoms with van der Waals surface area (Å²) in [7, 11) is -4.93. The molecule has 1 aromatic heterocycles. The van der Waals surface area contributed by atoms with Crippen molar-refractivity contribution in [2.75, 3.05) is 13.1 Å². The molecular formula is C13H14N5O10P. The number of nitrogens with zero attached hydrogens (tertiary/aromatic N) is 4. The van der Waals surface area contributed by atoms with Crippen LogP contribution in [0, 0.1) is 10.1 Å². The molecule has 0 unspecified atom stereocenters. The van der Waals surface area contributed by atoms with Crippen molar-refractivity contribution in [3.63, 3.8) is 0 Å². The zero-order valence-electron chi connectivity index (χ0n) is 14.5. The summed E-state index contributed by atoms with van der Waals surface area (Å²) >= 11 is 0. The summed E-state index contributed by atoms with van der Waals surface area (Å²) in [5, 5.41) is 16.6. The van der Waals surface area contributed by atoms with Crippen molar-refractivity contribution in [2.24, 2.45) is 0 Å². The minimum atomic E-state index is -4.93. The summed E-state index contributed by atoms with van der Waals surface area (Å²) in [6, 6.07) is 0.732. The lowest BCUT2D eigenvalue weighted by Gasteiger charge is -2.12. The zero-order valence-corrected chi connectivity index (χ0v) is 15.4. The van der Waals surface area contributed by atoms with Crippen LogP contribution in [0.15, 0.2) is 18.2 Å². The van der Waals surface area contributed by atoms with Gasteiger partial charge in [-0.3, -0.25) is 24.1 Å². The highest BCUT2D eigenvalue weighted by Gasteiger charge is 2.26. The molecule has 1 aliphatic heterocycles. The summed E-state index contributed by atoms with van der Waals surface area (Å²) in [4.78, 5) is 74.7. The first kappa shape index (κ1) is 22.0. The molecular weight excluding hydrogens is 417 g/mol. The first-order valence-corrected chi connectivity index (χ1v) is 9.26. The van der Waals surface area contributed by atoms with Crippen LogP contribution in [0.5, 0.6) is 0 Å². The van der Waals surface area contributed by atoms with E-state index in [0.717, 1.165) is 23.1 Å². The molecule has 0 saturated carbocycles. The van der Waals surface area contributed by atoms with Crippen LogP contribution < -0.4 is 5.32 Å². The highest BCUT2D eigenvalue weighted by molar-refractivity contribution is 7.46. The number of amides is 3. The predicted octanol–water partition coefficient (Wildman–Crippen LogP) is -1.53. The van der Waals surface area contributed by atoms with Gasteiger partial charge in [0.1, 0.15) is 0 Å². The van der Waals surface area contributed by atoms with Crippen LogP contribution in [0.3, 0.4) is 0 Å². The number of Topliss-reactive ketones (excluding diaryl/α,β-unsaturated/α-hetero) is 1. The van der Waals surface area contributed by atoms with Crippen LogP contribution in [0.1, 0.15) is 16.9 Å². The first-order chi connectivity index (χ1) is 13.5. The number of imide groups is 1. The van der Waals surface area contributed by atoms with Gasteiger partial charge >= 0.3 is 13.6 Å².